The monoisotopic (exact) mass is 283 g/mol. The van der Waals surface area contributed by atoms with Gasteiger partial charge in [-0.15, -0.1) is 0 Å². The van der Waals surface area contributed by atoms with Crippen LogP contribution in [0.5, 0.6) is 0 Å². The van der Waals surface area contributed by atoms with Gasteiger partial charge in [0.25, 0.3) is 0 Å². The molecule has 0 aromatic heterocycles. The van der Waals surface area contributed by atoms with Gasteiger partial charge in [0.05, 0.1) is 18.4 Å². The molecule has 1 aromatic carbocycles. The number of allylic oxidation sites excluding steroid dienone is 2. The number of fused-ring (bicyclic) bond motifs is 2. The smallest absolute Gasteiger partial charge is 0.340 e. The molecule has 0 N–H and O–H groups in total. The van der Waals surface area contributed by atoms with Gasteiger partial charge >= 0.3 is 5.97 Å². The summed E-state index contributed by atoms with van der Waals surface area (Å²) in [5, 5.41) is 0. The van der Waals surface area contributed by atoms with Gasteiger partial charge in [-0.1, -0.05) is 23.8 Å². The highest BCUT2D eigenvalue weighted by Crippen LogP contribution is 2.50. The summed E-state index contributed by atoms with van der Waals surface area (Å²) in [5.41, 5.74) is 2.87. The van der Waals surface area contributed by atoms with Crippen molar-refractivity contribution in [2.75, 3.05) is 7.11 Å². The molecule has 2 saturated carbocycles. The maximum absolute atomic E-state index is 11.7. The Morgan fingerprint density at radius 3 is 2.81 bits per heavy atom. The van der Waals surface area contributed by atoms with E-state index in [1.165, 1.54) is 26.4 Å². The number of benzene rings is 1. The molecule has 3 nitrogen and oxygen atoms in total. The molecule has 2 fully saturated rings. The maximum atomic E-state index is 11.7. The van der Waals surface area contributed by atoms with Gasteiger partial charge in [-0.05, 0) is 56.1 Å². The third-order valence-electron chi connectivity index (χ3n) is 4.86. The van der Waals surface area contributed by atoms with Crippen molar-refractivity contribution < 1.29 is 9.53 Å². The average Bonchev–Trinajstić information content (AvgIpc) is 3.12. The summed E-state index contributed by atoms with van der Waals surface area (Å²) < 4.78 is 4.81. The van der Waals surface area contributed by atoms with Crippen LogP contribution in [0, 0.1) is 17.8 Å². The summed E-state index contributed by atoms with van der Waals surface area (Å²) >= 11 is 0. The molecule has 0 amide bonds. The van der Waals surface area contributed by atoms with Crippen molar-refractivity contribution in [3.05, 3.63) is 41.5 Å². The fourth-order valence-corrected chi connectivity index (χ4v) is 3.75. The number of methoxy groups -OCH3 is 1. The van der Waals surface area contributed by atoms with Gasteiger partial charge in [-0.25, -0.2) is 4.79 Å². The van der Waals surface area contributed by atoms with E-state index < -0.39 is 0 Å². The van der Waals surface area contributed by atoms with Crippen LogP contribution in [-0.4, -0.2) is 19.3 Å². The van der Waals surface area contributed by atoms with Gasteiger partial charge in [-0.3, -0.25) is 4.99 Å². The molecule has 0 spiro atoms. The lowest BCUT2D eigenvalue weighted by Gasteiger charge is -2.19. The summed E-state index contributed by atoms with van der Waals surface area (Å²) in [7, 11) is 1.40. The van der Waals surface area contributed by atoms with Gasteiger partial charge < -0.3 is 4.74 Å². The average molecular weight is 283 g/mol. The molecule has 110 valence electrons. The Morgan fingerprint density at radius 1 is 1.33 bits per heavy atom. The Morgan fingerprint density at radius 2 is 2.14 bits per heavy atom. The molecule has 0 radical (unpaired) electrons. The third kappa shape index (κ3) is 2.65. The maximum Gasteiger partial charge on any atom is 0.340 e. The first-order valence-corrected chi connectivity index (χ1v) is 7.59. The quantitative estimate of drug-likeness (QED) is 0.474. The van der Waals surface area contributed by atoms with Crippen LogP contribution in [-0.2, 0) is 4.74 Å². The molecular formula is C18H21NO2. The van der Waals surface area contributed by atoms with Crippen LogP contribution >= 0.6 is 0 Å². The van der Waals surface area contributed by atoms with Gasteiger partial charge in [-0.2, -0.15) is 0 Å². The van der Waals surface area contributed by atoms with Crippen molar-refractivity contribution in [2.45, 2.75) is 26.2 Å². The van der Waals surface area contributed by atoms with Crippen LogP contribution < -0.4 is 0 Å². The number of rotatable bonds is 3. The molecule has 0 aliphatic heterocycles. The topological polar surface area (TPSA) is 38.7 Å². The van der Waals surface area contributed by atoms with E-state index in [4.69, 9.17) is 4.74 Å². The Bertz CT molecular complexity index is 603. The van der Waals surface area contributed by atoms with Crippen LogP contribution in [0.25, 0.3) is 0 Å². The summed E-state index contributed by atoms with van der Waals surface area (Å²) in [6.07, 6.45) is 8.06. The molecule has 21 heavy (non-hydrogen) atoms. The van der Waals surface area contributed by atoms with E-state index in [2.05, 4.69) is 24.2 Å². The number of hydrogen-bond acceptors (Lipinski definition) is 3. The minimum atomic E-state index is -0.327. The van der Waals surface area contributed by atoms with Crippen LogP contribution in [0.1, 0.15) is 36.5 Å². The Balaban J connectivity index is 1.75. The number of carbonyl (C=O) groups is 1. The molecule has 3 unspecified atom stereocenters. The lowest BCUT2D eigenvalue weighted by atomic mass is 9.86. The molecule has 0 saturated heterocycles. The van der Waals surface area contributed by atoms with Gasteiger partial charge in [0.2, 0.25) is 0 Å². The standard InChI is InChI=1S/C18H21NO2/c1-3-12-8-14-9-13(12)10-15(14)11-19-17-7-5-4-6-16(17)18(20)21-2/h3-7,11,13-15H,8-10H2,1-2H3. The first-order chi connectivity index (χ1) is 10.2. The van der Waals surface area contributed by atoms with E-state index in [0.717, 1.165) is 11.8 Å². The lowest BCUT2D eigenvalue weighted by molar-refractivity contribution is 0.0601. The van der Waals surface area contributed by atoms with Crippen molar-refractivity contribution in [3.63, 3.8) is 0 Å². The highest BCUT2D eigenvalue weighted by Gasteiger charge is 2.41. The van der Waals surface area contributed by atoms with E-state index in [1.807, 2.05) is 18.2 Å². The summed E-state index contributed by atoms with van der Waals surface area (Å²) in [6.45, 7) is 2.14. The minimum Gasteiger partial charge on any atom is -0.465 e. The fourth-order valence-electron chi connectivity index (χ4n) is 3.75. The molecule has 1 aromatic rings. The van der Waals surface area contributed by atoms with Gasteiger partial charge in [0.15, 0.2) is 0 Å². The second kappa shape index (κ2) is 5.84. The number of nitrogens with zero attached hydrogens (tertiary/aromatic N) is 1. The molecule has 2 aliphatic carbocycles. The van der Waals surface area contributed by atoms with Crippen molar-refractivity contribution in [1.82, 2.24) is 0 Å². The molecule has 3 rings (SSSR count). The van der Waals surface area contributed by atoms with Gasteiger partial charge in [0.1, 0.15) is 0 Å². The molecule has 2 bridgehead atoms. The summed E-state index contributed by atoms with van der Waals surface area (Å²) in [5.74, 6) is 1.71. The molecule has 3 atom stereocenters. The van der Waals surface area contributed by atoms with Crippen LogP contribution in [0.3, 0.4) is 0 Å². The minimum absolute atomic E-state index is 0.327. The van der Waals surface area contributed by atoms with Crippen molar-refractivity contribution >= 4 is 17.9 Å². The summed E-state index contributed by atoms with van der Waals surface area (Å²) in [6, 6.07) is 7.36. The largest absolute Gasteiger partial charge is 0.465 e. The SMILES string of the molecule is CC=C1CC2CC1CC2C=Nc1ccccc1C(=O)OC. The summed E-state index contributed by atoms with van der Waals surface area (Å²) in [4.78, 5) is 16.3. The number of carbonyl (C=O) groups excluding carboxylic acids is 1. The van der Waals surface area contributed by atoms with E-state index in [9.17, 15) is 4.79 Å². The number of ether oxygens (including phenoxy) is 1. The zero-order valence-corrected chi connectivity index (χ0v) is 12.6. The van der Waals surface area contributed by atoms with Crippen molar-refractivity contribution in [3.8, 4) is 0 Å². The highest BCUT2D eigenvalue weighted by molar-refractivity contribution is 5.95. The van der Waals surface area contributed by atoms with Crippen LogP contribution in [0.15, 0.2) is 40.9 Å². The lowest BCUT2D eigenvalue weighted by Crippen LogP contribution is -2.13. The van der Waals surface area contributed by atoms with Crippen LogP contribution in [0.2, 0.25) is 0 Å². The molecule has 3 heteroatoms. The normalized spacial score (nSPS) is 29.4. The number of hydrogen-bond donors (Lipinski definition) is 0. The Labute approximate surface area is 125 Å². The number of para-hydroxylation sites is 1. The third-order valence-corrected chi connectivity index (χ3v) is 4.86. The molecular weight excluding hydrogens is 262 g/mol. The second-order valence-corrected chi connectivity index (χ2v) is 5.95. The van der Waals surface area contributed by atoms with E-state index >= 15 is 0 Å². The zero-order valence-electron chi connectivity index (χ0n) is 12.6. The molecule has 0 heterocycles. The predicted octanol–water partition coefficient (Wildman–Crippen LogP) is 4.17. The van der Waals surface area contributed by atoms with E-state index in [1.54, 1.807) is 11.6 Å². The Hall–Kier alpha value is -1.90. The van der Waals surface area contributed by atoms with Crippen LogP contribution in [0.4, 0.5) is 5.69 Å². The van der Waals surface area contributed by atoms with Gasteiger partial charge in [0, 0.05) is 6.21 Å². The Kier molecular flexibility index (Phi) is 3.91. The number of esters is 1. The first kappa shape index (κ1) is 14.1. The van der Waals surface area contributed by atoms with Crippen molar-refractivity contribution in [2.24, 2.45) is 22.7 Å². The van der Waals surface area contributed by atoms with E-state index in [0.29, 0.717) is 17.2 Å². The zero-order chi connectivity index (χ0) is 14.8. The fraction of sp³-hybridized carbons (Fsp3) is 0.444. The molecule has 2 aliphatic rings. The number of aliphatic imine (C=N–C) groups is 1. The van der Waals surface area contributed by atoms with E-state index in [-0.39, 0.29) is 5.97 Å². The second-order valence-electron chi connectivity index (χ2n) is 5.95. The first-order valence-electron chi connectivity index (χ1n) is 7.59. The predicted molar refractivity (Wildman–Crippen MR) is 84.0 cm³/mol. The van der Waals surface area contributed by atoms with Crippen molar-refractivity contribution in [1.29, 1.82) is 0 Å². The highest BCUT2D eigenvalue weighted by atomic mass is 16.5.